The summed E-state index contributed by atoms with van der Waals surface area (Å²) in [5.41, 5.74) is 2.16. The molecule has 4 heterocycles. The van der Waals surface area contributed by atoms with Crippen molar-refractivity contribution in [2.75, 3.05) is 19.6 Å². The molecule has 2 aliphatic rings. The van der Waals surface area contributed by atoms with E-state index in [0.717, 1.165) is 53.6 Å². The van der Waals surface area contributed by atoms with Gasteiger partial charge >= 0.3 is 0 Å². The molecule has 2 aromatic rings. The van der Waals surface area contributed by atoms with Gasteiger partial charge in [-0.15, -0.1) is 22.7 Å². The molecule has 5 nitrogen and oxygen atoms in total. The number of amides is 2. The van der Waals surface area contributed by atoms with Gasteiger partial charge in [0.05, 0.1) is 22.1 Å². The molecule has 0 bridgehead atoms. The predicted molar refractivity (Wildman–Crippen MR) is 104 cm³/mol. The molecule has 2 aliphatic heterocycles. The van der Waals surface area contributed by atoms with Crippen molar-refractivity contribution in [2.24, 2.45) is 5.41 Å². The van der Waals surface area contributed by atoms with E-state index in [1.807, 2.05) is 40.5 Å². The maximum atomic E-state index is 12.6. The van der Waals surface area contributed by atoms with Gasteiger partial charge in [0.25, 0.3) is 5.91 Å². The van der Waals surface area contributed by atoms with Crippen LogP contribution in [0.15, 0.2) is 16.8 Å². The van der Waals surface area contributed by atoms with Crippen molar-refractivity contribution in [3.8, 4) is 0 Å². The van der Waals surface area contributed by atoms with Crippen LogP contribution < -0.4 is 0 Å². The van der Waals surface area contributed by atoms with Gasteiger partial charge in [0.15, 0.2) is 0 Å². The van der Waals surface area contributed by atoms with Crippen molar-refractivity contribution in [3.05, 3.63) is 38.0 Å². The van der Waals surface area contributed by atoms with Crippen LogP contribution in [0.2, 0.25) is 0 Å². The Morgan fingerprint density at radius 1 is 1.23 bits per heavy atom. The van der Waals surface area contributed by atoms with Crippen LogP contribution in [0.1, 0.15) is 45.2 Å². The highest BCUT2D eigenvalue weighted by molar-refractivity contribution is 7.12. The zero-order valence-electron chi connectivity index (χ0n) is 15.2. The summed E-state index contributed by atoms with van der Waals surface area (Å²) in [5, 5.41) is 5.10. The average Bonchev–Trinajstić information content (AvgIpc) is 3.29. The molecule has 4 rings (SSSR count). The topological polar surface area (TPSA) is 53.5 Å². The Bertz CT molecular complexity index is 833. The van der Waals surface area contributed by atoms with Gasteiger partial charge in [-0.2, -0.15) is 0 Å². The molecule has 0 saturated carbocycles. The quantitative estimate of drug-likeness (QED) is 0.808. The monoisotopic (exact) mass is 389 g/mol. The SMILES string of the molecule is Cc1csc(C(=O)N2CCC3(CC2)CC(=O)N(Cc2csc(C)n2)C3)c1. The van der Waals surface area contributed by atoms with E-state index in [4.69, 9.17) is 0 Å². The summed E-state index contributed by atoms with van der Waals surface area (Å²) in [6, 6.07) is 1.97. The van der Waals surface area contributed by atoms with Crippen LogP contribution in [0.4, 0.5) is 0 Å². The predicted octanol–water partition coefficient (Wildman–Crippen LogP) is 3.48. The third-order valence-electron chi connectivity index (χ3n) is 5.48. The second-order valence-corrected chi connectivity index (χ2v) is 9.54. The third-order valence-corrected chi connectivity index (χ3v) is 7.34. The molecular weight excluding hydrogens is 366 g/mol. The Kier molecular flexibility index (Phi) is 4.61. The number of hydrogen-bond donors (Lipinski definition) is 0. The van der Waals surface area contributed by atoms with Crippen molar-refractivity contribution in [3.63, 3.8) is 0 Å². The third kappa shape index (κ3) is 3.42. The molecule has 0 N–H and O–H groups in total. The normalized spacial score (nSPS) is 19.5. The molecule has 7 heteroatoms. The number of hydrogen-bond acceptors (Lipinski definition) is 5. The molecule has 0 atom stereocenters. The summed E-state index contributed by atoms with van der Waals surface area (Å²) < 4.78 is 0. The lowest BCUT2D eigenvalue weighted by Gasteiger charge is -2.38. The fraction of sp³-hybridized carbons (Fsp3) is 0.526. The number of thiazole rings is 1. The lowest BCUT2D eigenvalue weighted by molar-refractivity contribution is -0.128. The van der Waals surface area contributed by atoms with E-state index in [-0.39, 0.29) is 17.2 Å². The minimum atomic E-state index is 0.0320. The van der Waals surface area contributed by atoms with E-state index in [2.05, 4.69) is 4.98 Å². The first kappa shape index (κ1) is 17.7. The lowest BCUT2D eigenvalue weighted by Crippen LogP contribution is -2.44. The van der Waals surface area contributed by atoms with Gasteiger partial charge in [0, 0.05) is 36.9 Å². The molecule has 2 saturated heterocycles. The number of aryl methyl sites for hydroxylation is 2. The summed E-state index contributed by atoms with van der Waals surface area (Å²) >= 11 is 3.15. The lowest BCUT2D eigenvalue weighted by atomic mass is 9.77. The Labute approximate surface area is 161 Å². The first-order valence-corrected chi connectivity index (χ1v) is 10.7. The molecule has 0 aliphatic carbocycles. The van der Waals surface area contributed by atoms with Crippen molar-refractivity contribution in [2.45, 2.75) is 39.7 Å². The number of likely N-dealkylation sites (tertiary alicyclic amines) is 2. The molecule has 1 spiro atoms. The van der Waals surface area contributed by atoms with Gasteiger partial charge in [0.1, 0.15) is 0 Å². The number of aromatic nitrogens is 1. The van der Waals surface area contributed by atoms with Gasteiger partial charge < -0.3 is 9.80 Å². The number of carbonyl (C=O) groups is 2. The smallest absolute Gasteiger partial charge is 0.263 e. The van der Waals surface area contributed by atoms with Crippen LogP contribution in [-0.4, -0.2) is 46.2 Å². The maximum absolute atomic E-state index is 12.6. The number of piperidine rings is 1. The molecule has 0 aromatic carbocycles. The van der Waals surface area contributed by atoms with Gasteiger partial charge in [-0.05, 0) is 43.7 Å². The summed E-state index contributed by atoms with van der Waals surface area (Å²) in [6.07, 6.45) is 2.42. The Morgan fingerprint density at radius 3 is 2.62 bits per heavy atom. The molecular formula is C19H23N3O2S2. The largest absolute Gasteiger partial charge is 0.338 e. The van der Waals surface area contributed by atoms with E-state index >= 15 is 0 Å². The van der Waals surface area contributed by atoms with Crippen molar-refractivity contribution in [1.82, 2.24) is 14.8 Å². The van der Waals surface area contributed by atoms with E-state index in [1.165, 1.54) is 11.3 Å². The molecule has 0 radical (unpaired) electrons. The van der Waals surface area contributed by atoms with Gasteiger partial charge in [-0.1, -0.05) is 0 Å². The van der Waals surface area contributed by atoms with Crippen LogP contribution in [0.3, 0.4) is 0 Å². The minimum Gasteiger partial charge on any atom is -0.338 e. The fourth-order valence-electron chi connectivity index (χ4n) is 4.02. The van der Waals surface area contributed by atoms with E-state index in [1.54, 1.807) is 11.3 Å². The molecule has 2 fully saturated rings. The maximum Gasteiger partial charge on any atom is 0.263 e. The first-order valence-electron chi connectivity index (χ1n) is 8.97. The highest BCUT2D eigenvalue weighted by Gasteiger charge is 2.45. The van der Waals surface area contributed by atoms with E-state index in [0.29, 0.717) is 13.0 Å². The Balaban J connectivity index is 1.37. The first-order chi connectivity index (χ1) is 12.4. The zero-order valence-corrected chi connectivity index (χ0v) is 16.8. The second-order valence-electron chi connectivity index (χ2n) is 7.56. The van der Waals surface area contributed by atoms with E-state index in [9.17, 15) is 9.59 Å². The second kappa shape index (κ2) is 6.78. The van der Waals surface area contributed by atoms with Crippen molar-refractivity contribution in [1.29, 1.82) is 0 Å². The molecule has 2 amide bonds. The Hall–Kier alpha value is -1.73. The Morgan fingerprint density at radius 2 is 2.00 bits per heavy atom. The highest BCUT2D eigenvalue weighted by Crippen LogP contribution is 2.41. The molecule has 138 valence electrons. The van der Waals surface area contributed by atoms with Gasteiger partial charge in [-0.3, -0.25) is 9.59 Å². The fourth-order valence-corrected chi connectivity index (χ4v) is 5.49. The highest BCUT2D eigenvalue weighted by atomic mass is 32.1. The van der Waals surface area contributed by atoms with Crippen LogP contribution in [0, 0.1) is 19.3 Å². The van der Waals surface area contributed by atoms with E-state index < -0.39 is 0 Å². The molecule has 0 unspecified atom stereocenters. The minimum absolute atomic E-state index is 0.0320. The van der Waals surface area contributed by atoms with Crippen LogP contribution >= 0.6 is 22.7 Å². The molecule has 26 heavy (non-hydrogen) atoms. The summed E-state index contributed by atoms with van der Waals surface area (Å²) in [5.74, 6) is 0.362. The van der Waals surface area contributed by atoms with Crippen molar-refractivity contribution < 1.29 is 9.59 Å². The summed E-state index contributed by atoms with van der Waals surface area (Å²) in [6.45, 7) is 6.90. The van der Waals surface area contributed by atoms with Crippen LogP contribution in [0.25, 0.3) is 0 Å². The van der Waals surface area contributed by atoms with Gasteiger partial charge in [0.2, 0.25) is 5.91 Å². The van der Waals surface area contributed by atoms with Crippen molar-refractivity contribution >= 4 is 34.5 Å². The van der Waals surface area contributed by atoms with Crippen LogP contribution in [0.5, 0.6) is 0 Å². The number of nitrogens with zero attached hydrogens (tertiary/aromatic N) is 3. The summed E-state index contributed by atoms with van der Waals surface area (Å²) in [7, 11) is 0. The standard InChI is InChI=1S/C19H23N3O2S2/c1-13-7-16(26-10-13)18(24)21-5-3-19(4-6-21)8-17(23)22(12-19)9-15-11-25-14(2)20-15/h7,10-11H,3-6,8-9,12H2,1-2H3. The number of thiophene rings is 1. The van der Waals surface area contributed by atoms with Crippen LogP contribution in [-0.2, 0) is 11.3 Å². The summed E-state index contributed by atoms with van der Waals surface area (Å²) in [4.78, 5) is 34.4. The molecule has 2 aromatic heterocycles. The number of rotatable bonds is 3. The van der Waals surface area contributed by atoms with Gasteiger partial charge in [-0.25, -0.2) is 4.98 Å². The average molecular weight is 390 g/mol. The number of carbonyl (C=O) groups excluding carboxylic acids is 2. The zero-order chi connectivity index (χ0) is 18.3.